The normalized spacial score (nSPS) is 20.4. The third-order valence-corrected chi connectivity index (χ3v) is 4.28. The number of rotatable bonds is 1. The van der Waals surface area contributed by atoms with Crippen LogP contribution in [0.25, 0.3) is 10.8 Å². The monoisotopic (exact) mass is 303 g/mol. The third kappa shape index (κ3) is 1.93. The fraction of sp³-hybridized carbons (Fsp3) is 0.267. The van der Waals surface area contributed by atoms with Crippen molar-refractivity contribution in [2.24, 2.45) is 0 Å². The highest BCUT2D eigenvalue weighted by Gasteiger charge is 2.28. The molecule has 0 saturated carbocycles. The molecule has 1 aliphatic rings. The molecule has 0 aliphatic carbocycles. The van der Waals surface area contributed by atoms with Gasteiger partial charge in [-0.05, 0) is 24.3 Å². The number of fused-ring (bicyclic) bond motifs is 1. The average molecular weight is 304 g/mol. The number of nitrogens with zero attached hydrogens (tertiary/aromatic N) is 1. The number of hydrogen-bond acceptors (Lipinski definition) is 1. The van der Waals surface area contributed by atoms with Gasteiger partial charge in [-0.3, -0.25) is 4.79 Å². The number of piperidine rings is 1. The number of carbonyl (C=O) groups is 1. The molecule has 3 heteroatoms. The molecule has 18 heavy (non-hydrogen) atoms. The van der Waals surface area contributed by atoms with Crippen LogP contribution in [0.15, 0.2) is 42.5 Å². The summed E-state index contributed by atoms with van der Waals surface area (Å²) in [6, 6.07) is 14.3. The molecule has 1 fully saturated rings. The second-order valence-corrected chi connectivity index (χ2v) is 5.70. The maximum absolute atomic E-state index is 12.2. The Morgan fingerprint density at radius 3 is 2.78 bits per heavy atom. The van der Waals surface area contributed by atoms with Gasteiger partial charge in [-0.2, -0.15) is 0 Å². The fourth-order valence-corrected chi connectivity index (χ4v) is 3.09. The number of benzene rings is 2. The zero-order chi connectivity index (χ0) is 12.5. The van der Waals surface area contributed by atoms with E-state index in [9.17, 15) is 4.79 Å². The Morgan fingerprint density at radius 2 is 1.89 bits per heavy atom. The molecule has 1 heterocycles. The Morgan fingerprint density at radius 1 is 1.11 bits per heavy atom. The third-order valence-electron chi connectivity index (χ3n) is 3.43. The summed E-state index contributed by atoms with van der Waals surface area (Å²) in [5.74, 6) is 0.178. The minimum absolute atomic E-state index is 0.0368. The summed E-state index contributed by atoms with van der Waals surface area (Å²) >= 11 is 3.46. The van der Waals surface area contributed by atoms with E-state index in [1.54, 1.807) is 0 Å². The molecule has 0 N–H and O–H groups in total. The number of hydrogen-bond donors (Lipinski definition) is 0. The largest absolute Gasteiger partial charge is 0.311 e. The Balaban J connectivity index is 2.11. The van der Waals surface area contributed by atoms with E-state index < -0.39 is 0 Å². The lowest BCUT2D eigenvalue weighted by Crippen LogP contribution is -2.41. The molecule has 92 valence electrons. The van der Waals surface area contributed by atoms with Crippen molar-refractivity contribution in [1.29, 1.82) is 0 Å². The Bertz CT molecular complexity index is 591. The minimum Gasteiger partial charge on any atom is -0.311 e. The molecule has 0 radical (unpaired) electrons. The van der Waals surface area contributed by atoms with Crippen molar-refractivity contribution in [2.45, 2.75) is 17.7 Å². The van der Waals surface area contributed by atoms with Crippen molar-refractivity contribution >= 4 is 38.3 Å². The van der Waals surface area contributed by atoms with Gasteiger partial charge in [0.05, 0.1) is 10.5 Å². The molecule has 0 aromatic heterocycles. The number of halogens is 1. The predicted molar refractivity (Wildman–Crippen MR) is 78.3 cm³/mol. The Kier molecular flexibility index (Phi) is 3.08. The van der Waals surface area contributed by atoms with Crippen LogP contribution in [0.3, 0.4) is 0 Å². The Hall–Kier alpha value is -1.35. The molecule has 2 nitrogen and oxygen atoms in total. The first-order chi connectivity index (χ1) is 8.77. The van der Waals surface area contributed by atoms with Crippen molar-refractivity contribution in [3.05, 3.63) is 42.5 Å². The van der Waals surface area contributed by atoms with Gasteiger partial charge in [0.2, 0.25) is 5.91 Å². The van der Waals surface area contributed by atoms with Gasteiger partial charge >= 0.3 is 0 Å². The second-order valence-electron chi connectivity index (χ2n) is 4.60. The number of alkyl halides is 1. The minimum atomic E-state index is -0.0368. The Labute approximate surface area is 115 Å². The van der Waals surface area contributed by atoms with Gasteiger partial charge in [-0.15, -0.1) is 0 Å². The maximum Gasteiger partial charge on any atom is 0.240 e. The summed E-state index contributed by atoms with van der Waals surface area (Å²) in [6.45, 7) is 0.814. The van der Waals surface area contributed by atoms with Gasteiger partial charge in [-0.1, -0.05) is 52.3 Å². The summed E-state index contributed by atoms with van der Waals surface area (Å²) in [4.78, 5) is 14.1. The van der Waals surface area contributed by atoms with E-state index in [1.807, 2.05) is 29.2 Å². The SMILES string of the molecule is O=C1C(Br)CCCN1c1cccc2ccccc12. The first-order valence-corrected chi connectivity index (χ1v) is 7.12. The van der Waals surface area contributed by atoms with E-state index in [0.29, 0.717) is 0 Å². The smallest absolute Gasteiger partial charge is 0.240 e. The van der Waals surface area contributed by atoms with Crippen LogP contribution in [0.2, 0.25) is 0 Å². The van der Waals surface area contributed by atoms with E-state index in [0.717, 1.165) is 30.5 Å². The van der Waals surface area contributed by atoms with E-state index in [-0.39, 0.29) is 10.7 Å². The second kappa shape index (κ2) is 4.73. The molecule has 1 aliphatic heterocycles. The van der Waals surface area contributed by atoms with Gasteiger partial charge in [0.25, 0.3) is 0 Å². The summed E-state index contributed by atoms with van der Waals surface area (Å²) in [5, 5.41) is 2.33. The van der Waals surface area contributed by atoms with Crippen LogP contribution < -0.4 is 4.90 Å². The molecule has 0 spiro atoms. The van der Waals surface area contributed by atoms with Crippen LogP contribution in [-0.4, -0.2) is 17.3 Å². The van der Waals surface area contributed by atoms with Crippen LogP contribution in [-0.2, 0) is 4.79 Å². The van der Waals surface area contributed by atoms with Crippen LogP contribution in [0, 0.1) is 0 Å². The average Bonchev–Trinajstić information content (AvgIpc) is 2.41. The zero-order valence-corrected chi connectivity index (χ0v) is 11.6. The van der Waals surface area contributed by atoms with E-state index >= 15 is 0 Å². The lowest BCUT2D eigenvalue weighted by molar-refractivity contribution is -0.118. The van der Waals surface area contributed by atoms with Gasteiger partial charge in [0, 0.05) is 11.9 Å². The summed E-state index contributed by atoms with van der Waals surface area (Å²) < 4.78 is 0. The predicted octanol–water partition coefficient (Wildman–Crippen LogP) is 3.73. The van der Waals surface area contributed by atoms with Crippen LogP contribution in [0.1, 0.15) is 12.8 Å². The van der Waals surface area contributed by atoms with Crippen LogP contribution in [0.5, 0.6) is 0 Å². The van der Waals surface area contributed by atoms with Crippen LogP contribution in [0.4, 0.5) is 5.69 Å². The standard InChI is InChI=1S/C15H14BrNO/c16-13-8-4-10-17(15(13)18)14-9-3-6-11-5-1-2-7-12(11)14/h1-3,5-7,9,13H,4,8,10H2. The number of carbonyl (C=O) groups excluding carboxylic acids is 1. The van der Waals surface area contributed by atoms with Crippen molar-refractivity contribution < 1.29 is 4.79 Å². The number of anilines is 1. The summed E-state index contributed by atoms with van der Waals surface area (Å²) in [5.41, 5.74) is 1.03. The molecule has 0 bridgehead atoms. The van der Waals surface area contributed by atoms with Crippen molar-refractivity contribution in [3.63, 3.8) is 0 Å². The van der Waals surface area contributed by atoms with Gasteiger partial charge < -0.3 is 4.90 Å². The van der Waals surface area contributed by atoms with E-state index in [2.05, 4.69) is 34.1 Å². The summed E-state index contributed by atoms with van der Waals surface area (Å²) in [7, 11) is 0. The van der Waals surface area contributed by atoms with Gasteiger partial charge in [0.15, 0.2) is 0 Å². The molecule has 2 aromatic rings. The number of amides is 1. The summed E-state index contributed by atoms with van der Waals surface area (Å²) in [6.07, 6.45) is 1.98. The highest BCUT2D eigenvalue weighted by Crippen LogP contribution is 2.30. The van der Waals surface area contributed by atoms with Gasteiger partial charge in [-0.25, -0.2) is 0 Å². The molecular formula is C15H14BrNO. The highest BCUT2D eigenvalue weighted by atomic mass is 79.9. The molecule has 1 unspecified atom stereocenters. The molecule has 1 atom stereocenters. The molecule has 3 rings (SSSR count). The van der Waals surface area contributed by atoms with E-state index in [1.165, 1.54) is 5.39 Å². The topological polar surface area (TPSA) is 20.3 Å². The first kappa shape index (κ1) is 11.7. The first-order valence-electron chi connectivity index (χ1n) is 6.20. The van der Waals surface area contributed by atoms with Crippen molar-refractivity contribution in [3.8, 4) is 0 Å². The van der Waals surface area contributed by atoms with Gasteiger partial charge in [0.1, 0.15) is 0 Å². The quantitative estimate of drug-likeness (QED) is 0.735. The zero-order valence-electron chi connectivity index (χ0n) is 9.97. The lowest BCUT2D eigenvalue weighted by Gasteiger charge is -2.30. The molecular weight excluding hydrogens is 290 g/mol. The van der Waals surface area contributed by atoms with Crippen molar-refractivity contribution in [2.75, 3.05) is 11.4 Å². The molecule has 1 amide bonds. The van der Waals surface area contributed by atoms with Crippen LogP contribution >= 0.6 is 15.9 Å². The molecule has 1 saturated heterocycles. The van der Waals surface area contributed by atoms with E-state index in [4.69, 9.17) is 0 Å². The highest BCUT2D eigenvalue weighted by molar-refractivity contribution is 9.10. The molecule has 2 aromatic carbocycles. The lowest BCUT2D eigenvalue weighted by atomic mass is 10.0. The van der Waals surface area contributed by atoms with Crippen molar-refractivity contribution in [1.82, 2.24) is 0 Å². The fourth-order valence-electron chi connectivity index (χ4n) is 2.51. The maximum atomic E-state index is 12.2.